The number of nitrogens with zero attached hydrogens (tertiary/aromatic N) is 1. The lowest BCUT2D eigenvalue weighted by atomic mass is 9.68. The molecule has 1 saturated heterocycles. The molecule has 7 heteroatoms. The average molecular weight is 519 g/mol. The van der Waals surface area contributed by atoms with Crippen LogP contribution in [0, 0.1) is 11.8 Å². The molecule has 4 rings (SSSR count). The zero-order valence-corrected chi connectivity index (χ0v) is 22.8. The third-order valence-electron chi connectivity index (χ3n) is 7.99. The number of hydrogen-bond acceptors (Lipinski definition) is 5. The number of carbonyl (C=O) groups is 1. The van der Waals surface area contributed by atoms with Crippen LogP contribution in [-0.4, -0.2) is 51.9 Å². The first kappa shape index (κ1) is 27.7. The first-order chi connectivity index (χ1) is 16.2. The van der Waals surface area contributed by atoms with E-state index < -0.39 is 0 Å². The molecule has 5 nitrogen and oxygen atoms in total. The summed E-state index contributed by atoms with van der Waals surface area (Å²) >= 11 is 1.66. The van der Waals surface area contributed by atoms with Crippen LogP contribution in [0.4, 0.5) is 0 Å². The second kappa shape index (κ2) is 11.4. The van der Waals surface area contributed by atoms with Crippen LogP contribution in [0.1, 0.15) is 50.8 Å². The van der Waals surface area contributed by atoms with Gasteiger partial charge in [-0.25, -0.2) is 0 Å². The van der Waals surface area contributed by atoms with Gasteiger partial charge in [-0.15, -0.1) is 24.2 Å². The van der Waals surface area contributed by atoms with Crippen LogP contribution in [0.5, 0.6) is 11.5 Å². The minimum Gasteiger partial charge on any atom is -0.508 e. The van der Waals surface area contributed by atoms with Crippen molar-refractivity contribution in [3.05, 3.63) is 59.2 Å². The van der Waals surface area contributed by atoms with Crippen LogP contribution in [0.25, 0.3) is 0 Å². The monoisotopic (exact) mass is 518 g/mol. The lowest BCUT2D eigenvalue weighted by molar-refractivity contribution is -0.121. The summed E-state index contributed by atoms with van der Waals surface area (Å²) in [7, 11) is 0. The molecule has 0 radical (unpaired) electrons. The van der Waals surface area contributed by atoms with E-state index in [0.29, 0.717) is 24.0 Å². The highest BCUT2D eigenvalue weighted by molar-refractivity contribution is 7.99. The van der Waals surface area contributed by atoms with Gasteiger partial charge in [0, 0.05) is 24.9 Å². The first-order valence-corrected chi connectivity index (χ1v) is 13.4. The van der Waals surface area contributed by atoms with Gasteiger partial charge in [0.1, 0.15) is 11.5 Å². The van der Waals surface area contributed by atoms with Crippen molar-refractivity contribution in [3.8, 4) is 11.5 Å². The average Bonchev–Trinajstić information content (AvgIpc) is 2.80. The summed E-state index contributed by atoms with van der Waals surface area (Å²) in [6.07, 6.45) is 1.73. The molecule has 2 aliphatic heterocycles. The van der Waals surface area contributed by atoms with Crippen molar-refractivity contribution >= 4 is 30.1 Å². The number of nitrogens with one attached hydrogen (secondary N) is 1. The number of thioether (sulfide) groups is 1. The van der Waals surface area contributed by atoms with Crippen LogP contribution in [0.3, 0.4) is 0 Å². The van der Waals surface area contributed by atoms with Gasteiger partial charge in [0.05, 0.1) is 5.25 Å². The molecule has 1 fully saturated rings. The van der Waals surface area contributed by atoms with E-state index in [2.05, 4.69) is 44.0 Å². The highest BCUT2D eigenvalue weighted by Crippen LogP contribution is 2.40. The number of piperidine rings is 1. The molecule has 0 saturated carbocycles. The number of phenolic OH excluding ortho intramolecular Hbond substituents is 2. The number of hydrogen-bond donors (Lipinski definition) is 3. The smallest absolute Gasteiger partial charge is 0.233 e. The molecular weight excluding hydrogens is 480 g/mol. The molecule has 0 bridgehead atoms. The second-order valence-corrected chi connectivity index (χ2v) is 11.9. The molecule has 3 N–H and O–H groups in total. The minimum atomic E-state index is -0.0902. The minimum absolute atomic E-state index is 0. The van der Waals surface area contributed by atoms with Crippen molar-refractivity contribution in [2.45, 2.75) is 63.0 Å². The fraction of sp³-hybridized carbons (Fsp3) is 0.536. The molecule has 0 unspecified atom stereocenters. The molecule has 0 aliphatic carbocycles. The number of benzene rings is 2. The Bertz CT molecular complexity index is 1030. The molecule has 2 aromatic carbocycles. The number of rotatable bonds is 6. The normalized spacial score (nSPS) is 25.4. The quantitative estimate of drug-likeness (QED) is 0.495. The van der Waals surface area contributed by atoms with Gasteiger partial charge in [0.15, 0.2) is 0 Å². The molecule has 2 heterocycles. The van der Waals surface area contributed by atoms with Gasteiger partial charge in [-0.2, -0.15) is 0 Å². The molecule has 4 atom stereocenters. The summed E-state index contributed by atoms with van der Waals surface area (Å²) < 4.78 is 0. The number of fused-ring (bicyclic) bond motifs is 1. The van der Waals surface area contributed by atoms with Crippen molar-refractivity contribution in [1.82, 2.24) is 10.2 Å². The van der Waals surface area contributed by atoms with Crippen molar-refractivity contribution in [1.29, 1.82) is 0 Å². The highest BCUT2D eigenvalue weighted by atomic mass is 35.5. The van der Waals surface area contributed by atoms with Gasteiger partial charge >= 0.3 is 0 Å². The standard InChI is InChI=1S/C28H38N2O3S.ClH/c1-18(2)25(29-27(33)26-13-20-8-9-24(32)12-21(20)17-34-26)16-30-11-10-28(4,19(3)15-30)22-6-5-7-23(31)14-22;/h5-9,12,14,18-19,25-26,31-32H,10-11,13,15-17H2,1-4H3,(H,29,33);1H/t19-,25+,26-,28+;/m0./s1. The van der Waals surface area contributed by atoms with Gasteiger partial charge < -0.3 is 20.4 Å². The number of aromatic hydroxyl groups is 2. The Labute approximate surface area is 220 Å². The van der Waals surface area contributed by atoms with E-state index in [0.717, 1.165) is 42.9 Å². The summed E-state index contributed by atoms with van der Waals surface area (Å²) in [5.41, 5.74) is 3.53. The molecule has 192 valence electrons. The maximum Gasteiger partial charge on any atom is 0.233 e. The Kier molecular flexibility index (Phi) is 9.06. The number of carbonyl (C=O) groups excluding carboxylic acids is 1. The second-order valence-electron chi connectivity index (χ2n) is 10.7. The number of likely N-dealkylation sites (tertiary alicyclic amines) is 1. The van der Waals surface area contributed by atoms with Gasteiger partial charge in [-0.05, 0) is 77.6 Å². The van der Waals surface area contributed by atoms with Gasteiger partial charge in [0.25, 0.3) is 0 Å². The number of amides is 1. The van der Waals surface area contributed by atoms with Crippen LogP contribution in [0.15, 0.2) is 42.5 Å². The third-order valence-corrected chi connectivity index (χ3v) is 9.25. The summed E-state index contributed by atoms with van der Waals surface area (Å²) in [5, 5.41) is 23.0. The summed E-state index contributed by atoms with van der Waals surface area (Å²) in [6.45, 7) is 11.8. The van der Waals surface area contributed by atoms with E-state index >= 15 is 0 Å². The SMILES string of the molecule is CC(C)[C@@H](CN1CC[C@@](C)(c2cccc(O)c2)[C@@H](C)C1)NC(=O)[C@@H]1Cc2ccc(O)cc2CS1.Cl. The topological polar surface area (TPSA) is 72.8 Å². The predicted octanol–water partition coefficient (Wildman–Crippen LogP) is 5.12. The highest BCUT2D eigenvalue weighted by Gasteiger charge is 2.39. The Morgan fingerprint density at radius 3 is 2.60 bits per heavy atom. The van der Waals surface area contributed by atoms with Crippen molar-refractivity contribution < 1.29 is 15.0 Å². The Hall–Kier alpha value is -1.89. The van der Waals surface area contributed by atoms with Gasteiger partial charge in [-0.3, -0.25) is 4.79 Å². The van der Waals surface area contributed by atoms with E-state index in [1.165, 1.54) is 5.56 Å². The zero-order chi connectivity index (χ0) is 24.5. The van der Waals surface area contributed by atoms with Crippen LogP contribution >= 0.6 is 24.2 Å². The molecule has 2 aromatic rings. The maximum atomic E-state index is 13.2. The fourth-order valence-corrected chi connectivity index (χ4v) is 6.48. The fourth-order valence-electron chi connectivity index (χ4n) is 5.31. The van der Waals surface area contributed by atoms with Crippen molar-refractivity contribution in [3.63, 3.8) is 0 Å². The van der Waals surface area contributed by atoms with Gasteiger partial charge in [-0.1, -0.05) is 45.9 Å². The molecular formula is C28H39ClN2O3S. The zero-order valence-electron chi connectivity index (χ0n) is 21.2. The largest absolute Gasteiger partial charge is 0.508 e. The van der Waals surface area contributed by atoms with Crippen LogP contribution in [0.2, 0.25) is 0 Å². The Morgan fingerprint density at radius 1 is 1.17 bits per heavy atom. The van der Waals surface area contributed by atoms with E-state index in [1.807, 2.05) is 24.3 Å². The van der Waals surface area contributed by atoms with Crippen molar-refractivity contribution in [2.24, 2.45) is 11.8 Å². The van der Waals surface area contributed by atoms with Crippen LogP contribution in [-0.2, 0) is 22.4 Å². The van der Waals surface area contributed by atoms with E-state index in [9.17, 15) is 15.0 Å². The maximum absolute atomic E-state index is 13.2. The number of phenols is 2. The first-order valence-electron chi connectivity index (χ1n) is 12.4. The Balaban J connectivity index is 0.00000342. The van der Waals surface area contributed by atoms with E-state index in [-0.39, 0.29) is 40.8 Å². The molecule has 1 amide bonds. The predicted molar refractivity (Wildman–Crippen MR) is 147 cm³/mol. The van der Waals surface area contributed by atoms with Crippen molar-refractivity contribution in [2.75, 3.05) is 19.6 Å². The summed E-state index contributed by atoms with van der Waals surface area (Å²) in [4.78, 5) is 15.7. The molecule has 2 aliphatic rings. The Morgan fingerprint density at radius 2 is 1.91 bits per heavy atom. The molecule has 0 aromatic heterocycles. The molecule has 35 heavy (non-hydrogen) atoms. The summed E-state index contributed by atoms with van der Waals surface area (Å²) in [5.74, 6) is 2.28. The third kappa shape index (κ3) is 6.28. The number of halogens is 1. The lowest BCUT2D eigenvalue weighted by Gasteiger charge is -2.46. The van der Waals surface area contributed by atoms with Gasteiger partial charge in [0.2, 0.25) is 5.91 Å². The van der Waals surface area contributed by atoms with E-state index in [1.54, 1.807) is 23.9 Å². The molecule has 0 spiro atoms. The summed E-state index contributed by atoms with van der Waals surface area (Å²) in [6, 6.07) is 13.3. The lowest BCUT2D eigenvalue weighted by Crippen LogP contribution is -2.54. The van der Waals surface area contributed by atoms with E-state index in [4.69, 9.17) is 0 Å². The van der Waals surface area contributed by atoms with Crippen LogP contribution < -0.4 is 5.32 Å².